The summed E-state index contributed by atoms with van der Waals surface area (Å²) in [5.74, 6) is -0.832. The first-order valence-electron chi connectivity index (χ1n) is 11.0. The molecular weight excluding hydrogens is 441 g/mol. The SMILES string of the molecule is CCOc1cc(CNC(=O)c2cc(F)ccc2OC)ccc1-n1nc2c(c1C(N)=O)NCCC2. The topological polar surface area (TPSA) is 120 Å². The van der Waals surface area contributed by atoms with Crippen molar-refractivity contribution >= 4 is 17.5 Å². The molecule has 1 aliphatic rings. The second-order valence-electron chi connectivity index (χ2n) is 7.74. The van der Waals surface area contributed by atoms with E-state index in [0.29, 0.717) is 23.7 Å². The van der Waals surface area contributed by atoms with Crippen LogP contribution in [0.1, 0.15) is 45.4 Å². The third kappa shape index (κ3) is 4.52. The Kier molecular flexibility index (Phi) is 6.67. The van der Waals surface area contributed by atoms with Gasteiger partial charge in [-0.2, -0.15) is 5.10 Å². The molecule has 0 unspecified atom stereocenters. The lowest BCUT2D eigenvalue weighted by atomic mass is 10.1. The Bertz CT molecular complexity index is 1240. The lowest BCUT2D eigenvalue weighted by Gasteiger charge is -2.15. The number of nitrogens with one attached hydrogen (secondary N) is 2. The Labute approximate surface area is 196 Å². The van der Waals surface area contributed by atoms with Gasteiger partial charge in [0.1, 0.15) is 23.0 Å². The monoisotopic (exact) mass is 467 g/mol. The number of nitrogens with two attached hydrogens (primary N) is 1. The number of carbonyl (C=O) groups is 2. The summed E-state index contributed by atoms with van der Waals surface area (Å²) in [6.07, 6.45) is 1.66. The summed E-state index contributed by atoms with van der Waals surface area (Å²) >= 11 is 0. The van der Waals surface area contributed by atoms with E-state index in [0.717, 1.165) is 36.7 Å². The first-order chi connectivity index (χ1) is 16.4. The molecule has 10 heteroatoms. The number of fused-ring (bicyclic) bond motifs is 1. The molecule has 4 rings (SSSR count). The number of nitrogens with zero attached hydrogens (tertiary/aromatic N) is 2. The molecule has 2 amide bonds. The minimum absolute atomic E-state index is 0.102. The molecule has 0 spiro atoms. The fraction of sp³-hybridized carbons (Fsp3) is 0.292. The molecule has 4 N–H and O–H groups in total. The summed E-state index contributed by atoms with van der Waals surface area (Å²) in [4.78, 5) is 24.9. The van der Waals surface area contributed by atoms with Crippen LogP contribution in [0.15, 0.2) is 36.4 Å². The van der Waals surface area contributed by atoms with Gasteiger partial charge < -0.3 is 25.8 Å². The van der Waals surface area contributed by atoms with Crippen LogP contribution in [0.3, 0.4) is 0 Å². The summed E-state index contributed by atoms with van der Waals surface area (Å²) in [5.41, 5.74) is 8.80. The summed E-state index contributed by atoms with van der Waals surface area (Å²) in [5, 5.41) is 10.6. The Morgan fingerprint density at radius 2 is 2.06 bits per heavy atom. The number of hydrogen-bond donors (Lipinski definition) is 3. The average Bonchev–Trinajstić information content (AvgIpc) is 3.22. The number of hydrogen-bond acceptors (Lipinski definition) is 6. The van der Waals surface area contributed by atoms with Gasteiger partial charge >= 0.3 is 0 Å². The maximum Gasteiger partial charge on any atom is 0.269 e. The zero-order chi connectivity index (χ0) is 24.2. The Morgan fingerprint density at radius 3 is 2.79 bits per heavy atom. The Balaban J connectivity index is 1.62. The highest BCUT2D eigenvalue weighted by Crippen LogP contribution is 2.32. The third-order valence-corrected chi connectivity index (χ3v) is 5.49. The second kappa shape index (κ2) is 9.82. The van der Waals surface area contributed by atoms with Gasteiger partial charge in [-0.15, -0.1) is 0 Å². The van der Waals surface area contributed by atoms with E-state index in [1.165, 1.54) is 23.9 Å². The van der Waals surface area contributed by atoms with Gasteiger partial charge in [0.25, 0.3) is 11.8 Å². The van der Waals surface area contributed by atoms with Gasteiger partial charge in [0.05, 0.1) is 30.7 Å². The molecule has 9 nitrogen and oxygen atoms in total. The van der Waals surface area contributed by atoms with Crippen LogP contribution < -0.4 is 25.8 Å². The Hall–Kier alpha value is -4.08. The quantitative estimate of drug-likeness (QED) is 0.469. The van der Waals surface area contributed by atoms with Crippen molar-refractivity contribution in [1.82, 2.24) is 15.1 Å². The molecule has 3 aromatic rings. The number of benzene rings is 2. The van der Waals surface area contributed by atoms with E-state index < -0.39 is 17.6 Å². The van der Waals surface area contributed by atoms with Crippen molar-refractivity contribution in [3.8, 4) is 17.2 Å². The van der Waals surface area contributed by atoms with Crippen molar-refractivity contribution < 1.29 is 23.5 Å². The number of anilines is 1. The zero-order valence-corrected chi connectivity index (χ0v) is 19.0. The lowest BCUT2D eigenvalue weighted by molar-refractivity contribution is 0.0945. The highest BCUT2D eigenvalue weighted by molar-refractivity contribution is 5.98. The zero-order valence-electron chi connectivity index (χ0n) is 19.0. The minimum Gasteiger partial charge on any atom is -0.496 e. The molecule has 2 aromatic carbocycles. The number of halogens is 1. The predicted octanol–water partition coefficient (Wildman–Crippen LogP) is 2.81. The van der Waals surface area contributed by atoms with E-state index in [1.807, 2.05) is 6.92 Å². The number of amides is 2. The Morgan fingerprint density at radius 1 is 1.24 bits per heavy atom. The predicted molar refractivity (Wildman–Crippen MR) is 124 cm³/mol. The summed E-state index contributed by atoms with van der Waals surface area (Å²) in [6.45, 7) is 3.14. The number of carbonyl (C=O) groups excluding carboxylic acids is 2. The highest BCUT2D eigenvalue weighted by Gasteiger charge is 2.26. The summed E-state index contributed by atoms with van der Waals surface area (Å²) < 4.78 is 26.1. The van der Waals surface area contributed by atoms with Crippen molar-refractivity contribution in [3.05, 3.63) is 64.7 Å². The van der Waals surface area contributed by atoms with E-state index in [1.54, 1.807) is 18.2 Å². The number of rotatable bonds is 8. The molecule has 178 valence electrons. The minimum atomic E-state index is -0.592. The van der Waals surface area contributed by atoms with Gasteiger partial charge in [-0.3, -0.25) is 9.59 Å². The van der Waals surface area contributed by atoms with Gasteiger partial charge in [0, 0.05) is 13.1 Å². The second-order valence-corrected chi connectivity index (χ2v) is 7.74. The van der Waals surface area contributed by atoms with Crippen LogP contribution in [0.25, 0.3) is 5.69 Å². The van der Waals surface area contributed by atoms with E-state index in [9.17, 15) is 14.0 Å². The van der Waals surface area contributed by atoms with Crippen molar-refractivity contribution in [3.63, 3.8) is 0 Å². The van der Waals surface area contributed by atoms with Crippen LogP contribution in [-0.4, -0.2) is 41.9 Å². The van der Waals surface area contributed by atoms with Crippen LogP contribution in [0.4, 0.5) is 10.1 Å². The molecule has 0 fully saturated rings. The van der Waals surface area contributed by atoms with Crippen LogP contribution in [-0.2, 0) is 13.0 Å². The van der Waals surface area contributed by atoms with Gasteiger partial charge in [0.2, 0.25) is 0 Å². The summed E-state index contributed by atoms with van der Waals surface area (Å²) in [6, 6.07) is 9.08. The lowest BCUT2D eigenvalue weighted by Crippen LogP contribution is -2.23. The standard InChI is InChI=1S/C24H26FN5O4/c1-3-34-20-11-14(13-28-24(32)16-12-15(25)7-9-19(16)33-2)6-8-18(20)30-22(23(26)31)21-17(29-30)5-4-10-27-21/h6-9,11-12,27H,3-5,10,13H2,1-2H3,(H2,26,31)(H,28,32). The van der Waals surface area contributed by atoms with E-state index in [2.05, 4.69) is 15.7 Å². The number of methoxy groups -OCH3 is 1. The van der Waals surface area contributed by atoms with Crippen LogP contribution in [0, 0.1) is 5.82 Å². The number of ether oxygens (including phenoxy) is 2. The van der Waals surface area contributed by atoms with Crippen molar-refractivity contribution in [2.45, 2.75) is 26.3 Å². The molecule has 1 aromatic heterocycles. The molecular formula is C24H26FN5O4. The maximum absolute atomic E-state index is 13.6. The largest absolute Gasteiger partial charge is 0.496 e. The molecule has 0 bridgehead atoms. The van der Waals surface area contributed by atoms with Crippen molar-refractivity contribution in [2.75, 3.05) is 25.6 Å². The fourth-order valence-electron chi connectivity index (χ4n) is 3.94. The molecule has 1 aliphatic heterocycles. The van der Waals surface area contributed by atoms with Crippen LogP contribution in [0.2, 0.25) is 0 Å². The molecule has 2 heterocycles. The van der Waals surface area contributed by atoms with Crippen LogP contribution >= 0.6 is 0 Å². The van der Waals surface area contributed by atoms with Gasteiger partial charge in [0.15, 0.2) is 5.69 Å². The van der Waals surface area contributed by atoms with Gasteiger partial charge in [-0.25, -0.2) is 9.07 Å². The maximum atomic E-state index is 13.6. The molecule has 0 aliphatic carbocycles. The first-order valence-corrected chi connectivity index (χ1v) is 11.0. The molecule has 0 saturated heterocycles. The summed E-state index contributed by atoms with van der Waals surface area (Å²) in [7, 11) is 1.42. The van der Waals surface area contributed by atoms with E-state index >= 15 is 0 Å². The van der Waals surface area contributed by atoms with Crippen molar-refractivity contribution in [1.29, 1.82) is 0 Å². The molecule has 0 atom stereocenters. The average molecular weight is 468 g/mol. The fourth-order valence-corrected chi connectivity index (χ4v) is 3.94. The molecule has 0 saturated carbocycles. The van der Waals surface area contributed by atoms with Crippen molar-refractivity contribution in [2.24, 2.45) is 5.73 Å². The molecule has 34 heavy (non-hydrogen) atoms. The van der Waals surface area contributed by atoms with Crippen LogP contribution in [0.5, 0.6) is 11.5 Å². The third-order valence-electron chi connectivity index (χ3n) is 5.49. The number of aromatic nitrogens is 2. The highest BCUT2D eigenvalue weighted by atomic mass is 19.1. The first kappa shape index (κ1) is 23.1. The number of primary amides is 1. The normalized spacial score (nSPS) is 12.4. The van der Waals surface area contributed by atoms with E-state index in [-0.39, 0.29) is 23.6 Å². The smallest absolute Gasteiger partial charge is 0.269 e. The van der Waals surface area contributed by atoms with Gasteiger partial charge in [-0.1, -0.05) is 6.07 Å². The number of aryl methyl sites for hydroxylation is 1. The van der Waals surface area contributed by atoms with Gasteiger partial charge in [-0.05, 0) is 55.7 Å². The van der Waals surface area contributed by atoms with E-state index in [4.69, 9.17) is 15.2 Å². The molecule has 0 radical (unpaired) electrons.